The Morgan fingerprint density at radius 1 is 1.24 bits per heavy atom. The minimum atomic E-state index is -0.682. The number of hydrogen-bond donors (Lipinski definition) is 1. The zero-order valence-corrected chi connectivity index (χ0v) is 13.0. The Hall–Kier alpha value is -0.940. The second kappa shape index (κ2) is 4.53. The van der Waals surface area contributed by atoms with E-state index in [9.17, 15) is 0 Å². The van der Waals surface area contributed by atoms with Crippen LogP contribution in [0.5, 0.6) is 0 Å². The summed E-state index contributed by atoms with van der Waals surface area (Å²) >= 11 is 0. The van der Waals surface area contributed by atoms with Crippen molar-refractivity contribution in [3.8, 4) is 0 Å². The van der Waals surface area contributed by atoms with Crippen molar-refractivity contribution < 1.29 is 9.26 Å². The molecule has 1 aromatic heterocycles. The van der Waals surface area contributed by atoms with Crippen LogP contribution in [0.1, 0.15) is 57.2 Å². The maximum Gasteiger partial charge on any atom is 0.232 e. The van der Waals surface area contributed by atoms with E-state index in [2.05, 4.69) is 5.16 Å². The van der Waals surface area contributed by atoms with Crippen LogP contribution in [0.3, 0.4) is 0 Å². The molecule has 4 saturated carbocycles. The molecular weight excluding hydrogens is 266 g/mol. The highest BCUT2D eigenvalue weighted by Crippen LogP contribution is 2.60. The molecule has 4 fully saturated rings. The molecule has 0 aliphatic heterocycles. The van der Waals surface area contributed by atoms with Crippen molar-refractivity contribution in [2.24, 2.45) is 23.5 Å². The Balaban J connectivity index is 1.64. The van der Waals surface area contributed by atoms with Gasteiger partial charge in [-0.3, -0.25) is 0 Å². The van der Waals surface area contributed by atoms with Gasteiger partial charge in [0.1, 0.15) is 5.54 Å². The largest absolute Gasteiger partial charge is 0.382 e. The van der Waals surface area contributed by atoms with Crippen molar-refractivity contribution in [2.75, 3.05) is 13.7 Å². The quantitative estimate of drug-likeness (QED) is 0.921. The molecular formula is C16H25N3O2. The Labute approximate surface area is 125 Å². The fraction of sp³-hybridized carbons (Fsp3) is 0.875. The van der Waals surface area contributed by atoms with Gasteiger partial charge < -0.3 is 15.0 Å². The van der Waals surface area contributed by atoms with Crippen LogP contribution in [-0.4, -0.2) is 23.9 Å². The lowest BCUT2D eigenvalue weighted by atomic mass is 9.49. The van der Waals surface area contributed by atoms with Crippen LogP contribution in [-0.2, 0) is 15.7 Å². The molecule has 0 spiro atoms. The third-order valence-corrected chi connectivity index (χ3v) is 5.87. The molecule has 4 aliphatic carbocycles. The van der Waals surface area contributed by atoms with Crippen molar-refractivity contribution in [1.29, 1.82) is 0 Å². The van der Waals surface area contributed by atoms with Gasteiger partial charge in [-0.25, -0.2) is 0 Å². The van der Waals surface area contributed by atoms with E-state index in [-0.39, 0.29) is 5.41 Å². The van der Waals surface area contributed by atoms with E-state index in [0.29, 0.717) is 12.4 Å². The lowest BCUT2D eigenvalue weighted by Crippen LogP contribution is -2.48. The predicted molar refractivity (Wildman–Crippen MR) is 77.6 cm³/mol. The van der Waals surface area contributed by atoms with Crippen molar-refractivity contribution in [3.05, 3.63) is 11.7 Å². The summed E-state index contributed by atoms with van der Waals surface area (Å²) in [6.07, 6.45) is 7.93. The molecule has 4 aliphatic rings. The first-order chi connectivity index (χ1) is 10.0. The Bertz CT molecular complexity index is 502. The van der Waals surface area contributed by atoms with E-state index in [0.717, 1.165) is 23.6 Å². The first-order valence-electron chi connectivity index (χ1n) is 8.13. The predicted octanol–water partition coefficient (Wildman–Crippen LogP) is 2.36. The zero-order chi connectivity index (χ0) is 14.7. The van der Waals surface area contributed by atoms with E-state index in [1.54, 1.807) is 7.11 Å². The standard InChI is InChI=1S/C16H25N3O2/c1-15(17,9-20-2)13-18-14(21-19-13)16-6-10-3-11(7-16)5-12(4-10)8-16/h10-12H,3-9,17H2,1-2H3. The lowest BCUT2D eigenvalue weighted by molar-refractivity contribution is -0.0201. The summed E-state index contributed by atoms with van der Waals surface area (Å²) in [5, 5.41) is 4.17. The highest BCUT2D eigenvalue weighted by atomic mass is 16.5. The molecule has 0 radical (unpaired) electrons. The third kappa shape index (κ3) is 2.13. The van der Waals surface area contributed by atoms with Gasteiger partial charge in [-0.05, 0) is 63.2 Å². The van der Waals surface area contributed by atoms with Gasteiger partial charge in [0.15, 0.2) is 5.82 Å². The molecule has 4 bridgehead atoms. The Kier molecular flexibility index (Phi) is 2.95. The van der Waals surface area contributed by atoms with Gasteiger partial charge in [0.2, 0.25) is 5.89 Å². The smallest absolute Gasteiger partial charge is 0.232 e. The molecule has 5 heteroatoms. The SMILES string of the molecule is COCC(C)(N)c1noc(C23CC4CC(CC(C4)C2)C3)n1. The highest BCUT2D eigenvalue weighted by Gasteiger charge is 2.54. The van der Waals surface area contributed by atoms with Crippen LogP contribution >= 0.6 is 0 Å². The minimum absolute atomic E-state index is 0.142. The summed E-state index contributed by atoms with van der Waals surface area (Å²) in [5.41, 5.74) is 5.70. The minimum Gasteiger partial charge on any atom is -0.382 e. The van der Waals surface area contributed by atoms with Crippen LogP contribution in [0, 0.1) is 17.8 Å². The second-order valence-electron chi connectivity index (χ2n) is 7.97. The first-order valence-corrected chi connectivity index (χ1v) is 8.13. The van der Waals surface area contributed by atoms with Gasteiger partial charge in [-0.15, -0.1) is 0 Å². The second-order valence-corrected chi connectivity index (χ2v) is 7.97. The van der Waals surface area contributed by atoms with E-state index >= 15 is 0 Å². The molecule has 0 amide bonds. The summed E-state index contributed by atoms with van der Waals surface area (Å²) in [5.74, 6) is 4.03. The molecule has 0 aromatic carbocycles. The molecule has 2 N–H and O–H groups in total. The van der Waals surface area contributed by atoms with E-state index in [4.69, 9.17) is 20.0 Å². The number of nitrogens with two attached hydrogens (primary N) is 1. The van der Waals surface area contributed by atoms with E-state index in [1.165, 1.54) is 38.5 Å². The third-order valence-electron chi connectivity index (χ3n) is 5.87. The molecule has 1 heterocycles. The van der Waals surface area contributed by atoms with Crippen molar-refractivity contribution >= 4 is 0 Å². The van der Waals surface area contributed by atoms with E-state index < -0.39 is 5.54 Å². The fourth-order valence-electron chi connectivity index (χ4n) is 5.41. The summed E-state index contributed by atoms with van der Waals surface area (Å²) < 4.78 is 10.9. The summed E-state index contributed by atoms with van der Waals surface area (Å²) in [6, 6.07) is 0. The van der Waals surface area contributed by atoms with Gasteiger partial charge in [0, 0.05) is 7.11 Å². The number of aromatic nitrogens is 2. The van der Waals surface area contributed by atoms with Crippen molar-refractivity contribution in [1.82, 2.24) is 10.1 Å². The lowest BCUT2D eigenvalue weighted by Gasteiger charge is -2.55. The normalized spacial score (nSPS) is 40.4. The molecule has 21 heavy (non-hydrogen) atoms. The van der Waals surface area contributed by atoms with Gasteiger partial charge >= 0.3 is 0 Å². The van der Waals surface area contributed by atoms with Gasteiger partial charge in [0.05, 0.1) is 12.0 Å². The van der Waals surface area contributed by atoms with Gasteiger partial charge in [0.25, 0.3) is 0 Å². The topological polar surface area (TPSA) is 74.2 Å². The number of methoxy groups -OCH3 is 1. The Morgan fingerprint density at radius 3 is 2.33 bits per heavy atom. The van der Waals surface area contributed by atoms with Gasteiger partial charge in [-0.1, -0.05) is 5.16 Å². The van der Waals surface area contributed by atoms with Crippen LogP contribution in [0.4, 0.5) is 0 Å². The number of ether oxygens (including phenoxy) is 1. The first kappa shape index (κ1) is 13.7. The maximum absolute atomic E-state index is 6.24. The summed E-state index contributed by atoms with van der Waals surface area (Å²) in [6.45, 7) is 2.29. The molecule has 1 atom stereocenters. The average Bonchev–Trinajstić information content (AvgIpc) is 2.87. The molecule has 1 unspecified atom stereocenters. The highest BCUT2D eigenvalue weighted by molar-refractivity contribution is 5.16. The number of hydrogen-bond acceptors (Lipinski definition) is 5. The molecule has 1 aromatic rings. The zero-order valence-electron chi connectivity index (χ0n) is 13.0. The number of nitrogens with zero attached hydrogens (tertiary/aromatic N) is 2. The molecule has 0 saturated heterocycles. The van der Waals surface area contributed by atoms with E-state index in [1.807, 2.05) is 6.92 Å². The van der Waals surface area contributed by atoms with Crippen LogP contribution in [0.2, 0.25) is 0 Å². The molecule has 5 nitrogen and oxygen atoms in total. The van der Waals surface area contributed by atoms with Crippen LogP contribution in [0.15, 0.2) is 4.52 Å². The fourth-order valence-corrected chi connectivity index (χ4v) is 5.41. The van der Waals surface area contributed by atoms with Crippen molar-refractivity contribution in [2.45, 2.75) is 56.4 Å². The van der Waals surface area contributed by atoms with Crippen LogP contribution < -0.4 is 5.73 Å². The molecule has 5 rings (SSSR count). The summed E-state index contributed by atoms with van der Waals surface area (Å²) in [7, 11) is 1.64. The average molecular weight is 291 g/mol. The van der Waals surface area contributed by atoms with Crippen molar-refractivity contribution in [3.63, 3.8) is 0 Å². The Morgan fingerprint density at radius 2 is 1.81 bits per heavy atom. The number of rotatable bonds is 4. The van der Waals surface area contributed by atoms with Crippen LogP contribution in [0.25, 0.3) is 0 Å². The summed E-state index contributed by atoms with van der Waals surface area (Å²) in [4.78, 5) is 4.71. The molecule has 116 valence electrons. The monoisotopic (exact) mass is 291 g/mol. The van der Waals surface area contributed by atoms with Gasteiger partial charge in [-0.2, -0.15) is 4.98 Å². The maximum atomic E-state index is 6.24.